The maximum atomic E-state index is 5.65. The van der Waals surface area contributed by atoms with Crippen molar-refractivity contribution in [2.75, 3.05) is 25.9 Å². The topological polar surface area (TPSA) is 55.3 Å². The van der Waals surface area contributed by atoms with Crippen molar-refractivity contribution >= 4 is 5.82 Å². The van der Waals surface area contributed by atoms with Crippen molar-refractivity contribution in [1.29, 1.82) is 0 Å². The van der Waals surface area contributed by atoms with Crippen LogP contribution in [0.4, 0.5) is 5.82 Å². The molecule has 2 heterocycles. The lowest BCUT2D eigenvalue weighted by atomic mass is 9.86. The van der Waals surface area contributed by atoms with E-state index in [0.29, 0.717) is 11.7 Å². The highest BCUT2D eigenvalue weighted by Gasteiger charge is 2.22. The molecule has 0 saturated carbocycles. The zero-order chi connectivity index (χ0) is 13.2. The van der Waals surface area contributed by atoms with Crippen molar-refractivity contribution < 1.29 is 4.52 Å². The van der Waals surface area contributed by atoms with Gasteiger partial charge in [-0.1, -0.05) is 29.4 Å². The summed E-state index contributed by atoms with van der Waals surface area (Å²) in [6.45, 7) is 2.30. The fourth-order valence-electron chi connectivity index (χ4n) is 2.81. The minimum Gasteiger partial charge on any atom is -0.381 e. The van der Waals surface area contributed by atoms with Gasteiger partial charge in [0.2, 0.25) is 0 Å². The number of rotatable bonds is 2. The number of hydrogen-bond acceptors (Lipinski definition) is 4. The zero-order valence-electron chi connectivity index (χ0n) is 11.2. The summed E-state index contributed by atoms with van der Waals surface area (Å²) in [6.07, 6.45) is 2.38. The fourth-order valence-corrected chi connectivity index (χ4v) is 2.81. The van der Waals surface area contributed by atoms with Crippen LogP contribution in [0.25, 0.3) is 11.3 Å². The maximum Gasteiger partial charge on any atom is 0.169 e. The van der Waals surface area contributed by atoms with Gasteiger partial charge in [-0.05, 0) is 44.5 Å². The minimum absolute atomic E-state index is 0.438. The van der Waals surface area contributed by atoms with Crippen LogP contribution in [0.15, 0.2) is 34.9 Å². The maximum absolute atomic E-state index is 5.65. The second-order valence-corrected chi connectivity index (χ2v) is 5.28. The molecule has 0 unspecified atom stereocenters. The van der Waals surface area contributed by atoms with Crippen LogP contribution in [0.3, 0.4) is 0 Å². The van der Waals surface area contributed by atoms with E-state index in [2.05, 4.69) is 35.3 Å². The Kier molecular flexibility index (Phi) is 3.25. The molecule has 1 fully saturated rings. The monoisotopic (exact) mass is 257 g/mol. The fraction of sp³-hybridized carbons (Fsp3) is 0.400. The quantitative estimate of drug-likeness (QED) is 0.898. The van der Waals surface area contributed by atoms with E-state index < -0.39 is 0 Å². The normalized spacial score (nSPS) is 17.7. The van der Waals surface area contributed by atoms with Gasteiger partial charge >= 0.3 is 0 Å². The van der Waals surface area contributed by atoms with Crippen LogP contribution in [0.1, 0.15) is 24.3 Å². The highest BCUT2D eigenvalue weighted by Crippen LogP contribution is 2.35. The first kappa shape index (κ1) is 12.2. The Balaban J connectivity index is 1.93. The van der Waals surface area contributed by atoms with Crippen LogP contribution in [-0.2, 0) is 0 Å². The van der Waals surface area contributed by atoms with Gasteiger partial charge in [0.25, 0.3) is 0 Å². The number of aromatic nitrogens is 1. The molecule has 0 atom stereocenters. The van der Waals surface area contributed by atoms with Crippen molar-refractivity contribution in [2.45, 2.75) is 18.8 Å². The smallest absolute Gasteiger partial charge is 0.169 e. The summed E-state index contributed by atoms with van der Waals surface area (Å²) in [7, 11) is 2.18. The number of anilines is 1. The predicted molar refractivity (Wildman–Crippen MR) is 75.8 cm³/mol. The van der Waals surface area contributed by atoms with Crippen LogP contribution in [0.2, 0.25) is 0 Å². The number of nitrogen functional groups attached to an aromatic ring is 1. The first-order valence-electron chi connectivity index (χ1n) is 6.74. The lowest BCUT2D eigenvalue weighted by Gasteiger charge is -2.30. The second kappa shape index (κ2) is 5.05. The van der Waals surface area contributed by atoms with Gasteiger partial charge in [0.15, 0.2) is 11.6 Å². The van der Waals surface area contributed by atoms with Crippen molar-refractivity contribution in [3.05, 3.63) is 35.9 Å². The number of piperidine rings is 1. The first-order chi connectivity index (χ1) is 9.24. The summed E-state index contributed by atoms with van der Waals surface area (Å²) >= 11 is 0. The van der Waals surface area contributed by atoms with Crippen molar-refractivity contribution in [3.63, 3.8) is 0 Å². The first-order valence-corrected chi connectivity index (χ1v) is 6.74. The Bertz CT molecular complexity index is 556. The van der Waals surface area contributed by atoms with E-state index in [1.54, 1.807) is 6.07 Å². The third-order valence-electron chi connectivity index (χ3n) is 3.91. The van der Waals surface area contributed by atoms with Crippen LogP contribution in [-0.4, -0.2) is 30.2 Å². The highest BCUT2D eigenvalue weighted by atomic mass is 16.5. The van der Waals surface area contributed by atoms with Gasteiger partial charge in [-0.15, -0.1) is 0 Å². The molecule has 0 bridgehead atoms. The summed E-state index contributed by atoms with van der Waals surface area (Å²) in [4.78, 5) is 2.38. The molecule has 4 heteroatoms. The van der Waals surface area contributed by atoms with Gasteiger partial charge in [-0.3, -0.25) is 0 Å². The molecule has 2 N–H and O–H groups in total. The summed E-state index contributed by atoms with van der Waals surface area (Å²) in [5, 5.41) is 3.79. The molecule has 19 heavy (non-hydrogen) atoms. The van der Waals surface area contributed by atoms with Gasteiger partial charge in [-0.25, -0.2) is 0 Å². The minimum atomic E-state index is 0.438. The molecule has 0 spiro atoms. The molecule has 4 nitrogen and oxygen atoms in total. The van der Waals surface area contributed by atoms with Crippen LogP contribution in [0, 0.1) is 0 Å². The number of likely N-dealkylation sites (tertiary alicyclic amines) is 1. The molecule has 0 amide bonds. The zero-order valence-corrected chi connectivity index (χ0v) is 11.2. The Labute approximate surface area is 113 Å². The molecule has 0 radical (unpaired) electrons. The third kappa shape index (κ3) is 2.49. The Morgan fingerprint density at radius 2 is 2.00 bits per heavy atom. The van der Waals surface area contributed by atoms with E-state index in [0.717, 1.165) is 24.4 Å². The standard InChI is InChI=1S/C15H19N3O/c1-18-8-6-11(7-9-18)12-4-2-3-5-13(12)14-10-15(16)17-19-14/h2-5,10-11H,6-9H2,1H3,(H2,16,17). The average molecular weight is 257 g/mol. The van der Waals surface area contributed by atoms with Crippen molar-refractivity contribution in [1.82, 2.24) is 10.1 Å². The number of benzene rings is 1. The van der Waals surface area contributed by atoms with E-state index >= 15 is 0 Å². The van der Waals surface area contributed by atoms with E-state index in [-0.39, 0.29) is 0 Å². The van der Waals surface area contributed by atoms with Gasteiger partial charge in [-0.2, -0.15) is 0 Å². The Morgan fingerprint density at radius 3 is 2.68 bits per heavy atom. The molecule has 1 saturated heterocycles. The van der Waals surface area contributed by atoms with Crippen LogP contribution in [0.5, 0.6) is 0 Å². The molecular weight excluding hydrogens is 238 g/mol. The highest BCUT2D eigenvalue weighted by molar-refractivity contribution is 5.65. The number of nitrogens with zero attached hydrogens (tertiary/aromatic N) is 2. The van der Waals surface area contributed by atoms with Gasteiger partial charge in [0.1, 0.15) is 0 Å². The molecule has 0 aliphatic carbocycles. The molecule has 3 rings (SSSR count). The Hall–Kier alpha value is -1.81. The van der Waals surface area contributed by atoms with E-state index in [1.165, 1.54) is 18.4 Å². The van der Waals surface area contributed by atoms with Crippen LogP contribution < -0.4 is 5.73 Å². The molecule has 1 aliphatic rings. The predicted octanol–water partition coefficient (Wildman–Crippen LogP) is 2.73. The SMILES string of the molecule is CN1CCC(c2ccccc2-c2cc(N)no2)CC1. The Morgan fingerprint density at radius 1 is 1.26 bits per heavy atom. The third-order valence-corrected chi connectivity index (χ3v) is 3.91. The molecular formula is C15H19N3O. The molecule has 1 aromatic heterocycles. The largest absolute Gasteiger partial charge is 0.381 e. The molecule has 2 aromatic rings. The van der Waals surface area contributed by atoms with E-state index in [4.69, 9.17) is 10.3 Å². The van der Waals surface area contributed by atoms with Gasteiger partial charge in [0.05, 0.1) is 0 Å². The van der Waals surface area contributed by atoms with Gasteiger partial charge < -0.3 is 15.2 Å². The lowest BCUT2D eigenvalue weighted by Crippen LogP contribution is -2.29. The average Bonchev–Trinajstić information content (AvgIpc) is 2.86. The summed E-state index contributed by atoms with van der Waals surface area (Å²) in [6, 6.07) is 10.2. The van der Waals surface area contributed by atoms with Crippen LogP contribution >= 0.6 is 0 Å². The number of hydrogen-bond donors (Lipinski definition) is 1. The second-order valence-electron chi connectivity index (χ2n) is 5.28. The molecule has 100 valence electrons. The molecule has 1 aromatic carbocycles. The summed E-state index contributed by atoms with van der Waals surface area (Å²) in [5.74, 6) is 1.80. The van der Waals surface area contributed by atoms with E-state index in [9.17, 15) is 0 Å². The lowest BCUT2D eigenvalue weighted by molar-refractivity contribution is 0.255. The molecule has 1 aliphatic heterocycles. The summed E-state index contributed by atoms with van der Waals surface area (Å²) < 4.78 is 5.32. The summed E-state index contributed by atoms with van der Waals surface area (Å²) in [5.41, 5.74) is 8.13. The van der Waals surface area contributed by atoms with Gasteiger partial charge in [0, 0.05) is 11.6 Å². The van der Waals surface area contributed by atoms with Crippen molar-refractivity contribution in [3.8, 4) is 11.3 Å². The van der Waals surface area contributed by atoms with Crippen molar-refractivity contribution in [2.24, 2.45) is 0 Å². The number of nitrogens with two attached hydrogens (primary N) is 1. The van der Waals surface area contributed by atoms with E-state index in [1.807, 2.05) is 6.07 Å².